The van der Waals surface area contributed by atoms with Gasteiger partial charge in [0.25, 0.3) is 5.91 Å². The Morgan fingerprint density at radius 2 is 1.59 bits per heavy atom. The van der Waals surface area contributed by atoms with Gasteiger partial charge < -0.3 is 20.7 Å². The highest BCUT2D eigenvalue weighted by Gasteiger charge is 2.15. The van der Waals surface area contributed by atoms with Crippen LogP contribution < -0.4 is 16.0 Å². The van der Waals surface area contributed by atoms with E-state index in [2.05, 4.69) is 20.9 Å². The first-order valence-corrected chi connectivity index (χ1v) is 11.2. The molecular formula is C26H27FN4O3. The van der Waals surface area contributed by atoms with Crippen molar-refractivity contribution in [1.82, 2.24) is 4.90 Å². The van der Waals surface area contributed by atoms with Crippen LogP contribution in [0.2, 0.25) is 0 Å². The third-order valence-corrected chi connectivity index (χ3v) is 5.48. The van der Waals surface area contributed by atoms with Gasteiger partial charge in [0, 0.05) is 37.4 Å². The zero-order valence-electron chi connectivity index (χ0n) is 18.7. The SMILES string of the molecule is O=C(CCN1CCOCC1)Nc1cc(NC(=O)c2ccccc2Nc2ccccc2)ccc1F. The molecule has 1 aliphatic rings. The number of carbonyl (C=O) groups is 2. The number of carbonyl (C=O) groups excluding carboxylic acids is 2. The second kappa shape index (κ2) is 11.4. The average Bonchev–Trinajstić information content (AvgIpc) is 2.86. The van der Waals surface area contributed by atoms with E-state index in [9.17, 15) is 14.0 Å². The van der Waals surface area contributed by atoms with Crippen LogP contribution in [-0.2, 0) is 9.53 Å². The lowest BCUT2D eigenvalue weighted by molar-refractivity contribution is -0.116. The quantitative estimate of drug-likeness (QED) is 0.460. The van der Waals surface area contributed by atoms with Gasteiger partial charge in [0.05, 0.1) is 30.2 Å². The number of benzene rings is 3. The number of para-hydroxylation sites is 2. The molecule has 0 saturated carbocycles. The van der Waals surface area contributed by atoms with Crippen LogP contribution in [0.5, 0.6) is 0 Å². The number of ether oxygens (including phenoxy) is 1. The van der Waals surface area contributed by atoms with Gasteiger partial charge in [-0.05, 0) is 42.5 Å². The summed E-state index contributed by atoms with van der Waals surface area (Å²) in [5, 5.41) is 8.64. The van der Waals surface area contributed by atoms with Gasteiger partial charge in [-0.2, -0.15) is 0 Å². The number of nitrogens with zero attached hydrogens (tertiary/aromatic N) is 1. The van der Waals surface area contributed by atoms with E-state index < -0.39 is 5.82 Å². The molecule has 2 amide bonds. The first kappa shape index (κ1) is 23.4. The number of hydrogen-bond acceptors (Lipinski definition) is 5. The average molecular weight is 463 g/mol. The molecule has 1 saturated heterocycles. The highest BCUT2D eigenvalue weighted by atomic mass is 19.1. The first-order chi connectivity index (χ1) is 16.6. The minimum Gasteiger partial charge on any atom is -0.379 e. The third-order valence-electron chi connectivity index (χ3n) is 5.48. The van der Waals surface area contributed by atoms with E-state index in [0.29, 0.717) is 36.7 Å². The predicted molar refractivity (Wildman–Crippen MR) is 131 cm³/mol. The lowest BCUT2D eigenvalue weighted by Gasteiger charge is -2.26. The second-order valence-electron chi connectivity index (χ2n) is 7.94. The Bertz CT molecular complexity index is 1130. The number of halogens is 1. The normalized spacial score (nSPS) is 13.8. The number of amides is 2. The molecule has 7 nitrogen and oxygen atoms in total. The maximum atomic E-state index is 14.3. The van der Waals surface area contributed by atoms with Crippen LogP contribution in [0.15, 0.2) is 72.8 Å². The number of rotatable bonds is 8. The van der Waals surface area contributed by atoms with Crippen LogP contribution in [0.3, 0.4) is 0 Å². The molecule has 8 heteroatoms. The molecule has 0 radical (unpaired) electrons. The predicted octanol–water partition coefficient (Wildman–Crippen LogP) is 4.48. The van der Waals surface area contributed by atoms with E-state index in [-0.39, 0.29) is 23.9 Å². The largest absolute Gasteiger partial charge is 0.379 e. The van der Waals surface area contributed by atoms with Crippen molar-refractivity contribution >= 4 is 34.6 Å². The van der Waals surface area contributed by atoms with Crippen molar-refractivity contribution in [1.29, 1.82) is 0 Å². The minimum absolute atomic E-state index is 0.0282. The Hall–Kier alpha value is -3.75. The van der Waals surface area contributed by atoms with Crippen molar-refractivity contribution in [3.63, 3.8) is 0 Å². The third kappa shape index (κ3) is 6.40. The van der Waals surface area contributed by atoms with Crippen LogP contribution in [0.25, 0.3) is 0 Å². The highest BCUT2D eigenvalue weighted by Crippen LogP contribution is 2.24. The molecule has 3 N–H and O–H groups in total. The number of anilines is 4. The summed E-state index contributed by atoms with van der Waals surface area (Å²) in [6, 6.07) is 20.8. The zero-order valence-corrected chi connectivity index (χ0v) is 18.7. The fourth-order valence-corrected chi connectivity index (χ4v) is 3.66. The fraction of sp³-hybridized carbons (Fsp3) is 0.231. The molecule has 3 aromatic carbocycles. The van der Waals surface area contributed by atoms with E-state index in [1.807, 2.05) is 42.5 Å². The molecule has 0 aromatic heterocycles. The fourth-order valence-electron chi connectivity index (χ4n) is 3.66. The number of morpholine rings is 1. The summed E-state index contributed by atoms with van der Waals surface area (Å²) in [4.78, 5) is 27.5. The first-order valence-electron chi connectivity index (χ1n) is 11.2. The summed E-state index contributed by atoms with van der Waals surface area (Å²) in [7, 11) is 0. The Kier molecular flexibility index (Phi) is 7.85. The van der Waals surface area contributed by atoms with Gasteiger partial charge in [-0.3, -0.25) is 14.5 Å². The minimum atomic E-state index is -0.566. The molecule has 1 heterocycles. The standard InChI is InChI=1S/C26H27FN4O3/c27-22-11-10-20(18-24(22)30-25(32)12-13-31-14-16-34-17-15-31)29-26(33)21-8-4-5-9-23(21)28-19-6-2-1-3-7-19/h1-11,18,28H,12-17H2,(H,29,33)(H,30,32). The molecule has 0 bridgehead atoms. The molecular weight excluding hydrogens is 435 g/mol. The smallest absolute Gasteiger partial charge is 0.257 e. The van der Waals surface area contributed by atoms with Crippen molar-refractivity contribution in [2.75, 3.05) is 48.8 Å². The monoisotopic (exact) mass is 462 g/mol. The summed E-state index contributed by atoms with van der Waals surface area (Å²) in [5.41, 5.74) is 2.34. The summed E-state index contributed by atoms with van der Waals surface area (Å²) < 4.78 is 19.6. The van der Waals surface area contributed by atoms with Gasteiger partial charge in [0.1, 0.15) is 5.82 Å². The van der Waals surface area contributed by atoms with Crippen LogP contribution in [-0.4, -0.2) is 49.6 Å². The van der Waals surface area contributed by atoms with E-state index in [4.69, 9.17) is 4.74 Å². The molecule has 3 aromatic rings. The van der Waals surface area contributed by atoms with Gasteiger partial charge in [0.15, 0.2) is 0 Å². The van der Waals surface area contributed by atoms with Crippen LogP contribution in [0.1, 0.15) is 16.8 Å². The zero-order chi connectivity index (χ0) is 23.8. The number of nitrogens with one attached hydrogen (secondary N) is 3. The van der Waals surface area contributed by atoms with Gasteiger partial charge >= 0.3 is 0 Å². The molecule has 176 valence electrons. The van der Waals surface area contributed by atoms with E-state index >= 15 is 0 Å². The molecule has 1 aliphatic heterocycles. The van der Waals surface area contributed by atoms with Crippen molar-refractivity contribution in [3.05, 3.63) is 84.2 Å². The molecule has 0 atom stereocenters. The van der Waals surface area contributed by atoms with E-state index in [1.54, 1.807) is 12.1 Å². The summed E-state index contributed by atoms with van der Waals surface area (Å²) in [6.07, 6.45) is 0.245. The van der Waals surface area contributed by atoms with Gasteiger partial charge in [-0.25, -0.2) is 4.39 Å². The molecule has 34 heavy (non-hydrogen) atoms. The Balaban J connectivity index is 1.40. The molecule has 1 fully saturated rings. The van der Waals surface area contributed by atoms with Crippen LogP contribution in [0.4, 0.5) is 27.1 Å². The van der Waals surface area contributed by atoms with Gasteiger partial charge in [0.2, 0.25) is 5.91 Å². The van der Waals surface area contributed by atoms with Crippen LogP contribution >= 0.6 is 0 Å². The van der Waals surface area contributed by atoms with E-state index in [1.165, 1.54) is 18.2 Å². The maximum absolute atomic E-state index is 14.3. The lowest BCUT2D eigenvalue weighted by atomic mass is 10.1. The van der Waals surface area contributed by atoms with Crippen molar-refractivity contribution in [3.8, 4) is 0 Å². The van der Waals surface area contributed by atoms with Gasteiger partial charge in [-0.1, -0.05) is 30.3 Å². The molecule has 0 spiro atoms. The van der Waals surface area contributed by atoms with E-state index in [0.717, 1.165) is 18.8 Å². The highest BCUT2D eigenvalue weighted by molar-refractivity contribution is 6.08. The summed E-state index contributed by atoms with van der Waals surface area (Å²) in [6.45, 7) is 3.45. The molecule has 4 rings (SSSR count). The lowest BCUT2D eigenvalue weighted by Crippen LogP contribution is -2.38. The summed E-state index contributed by atoms with van der Waals surface area (Å²) >= 11 is 0. The Morgan fingerprint density at radius 3 is 2.38 bits per heavy atom. The molecule has 0 aliphatic carbocycles. The second-order valence-corrected chi connectivity index (χ2v) is 7.94. The van der Waals surface area contributed by atoms with Crippen molar-refractivity contribution in [2.45, 2.75) is 6.42 Å². The Morgan fingerprint density at radius 1 is 0.853 bits per heavy atom. The van der Waals surface area contributed by atoms with Crippen LogP contribution in [0, 0.1) is 5.82 Å². The topological polar surface area (TPSA) is 82.7 Å². The maximum Gasteiger partial charge on any atom is 0.257 e. The van der Waals surface area contributed by atoms with Crippen molar-refractivity contribution < 1.29 is 18.7 Å². The summed E-state index contributed by atoms with van der Waals surface area (Å²) in [5.74, 6) is -1.20. The molecule has 0 unspecified atom stereocenters. The van der Waals surface area contributed by atoms with Gasteiger partial charge in [-0.15, -0.1) is 0 Å². The van der Waals surface area contributed by atoms with Crippen molar-refractivity contribution in [2.24, 2.45) is 0 Å². The Labute approximate surface area is 197 Å². The number of hydrogen-bond donors (Lipinski definition) is 3.